The molecule has 4 rings (SSSR count). The van der Waals surface area contributed by atoms with Crippen LogP contribution in [0.15, 0.2) is 0 Å². The van der Waals surface area contributed by atoms with Gasteiger partial charge in [-0.1, -0.05) is 0 Å². The van der Waals surface area contributed by atoms with Gasteiger partial charge in [0.1, 0.15) is 11.3 Å². The molecular formula is C13H24N4O. The Balaban J connectivity index is 1.82. The summed E-state index contributed by atoms with van der Waals surface area (Å²) in [6.07, 6.45) is -0.179. The molecule has 0 amide bonds. The topological polar surface area (TPSA) is 33.2 Å². The van der Waals surface area contributed by atoms with E-state index >= 15 is 0 Å². The first-order valence-electron chi connectivity index (χ1n) is 7.25. The van der Waals surface area contributed by atoms with Gasteiger partial charge in [0.25, 0.3) is 0 Å². The minimum absolute atomic E-state index is 0.0687. The van der Waals surface area contributed by atoms with Crippen LogP contribution in [0.3, 0.4) is 0 Å². The molecule has 1 N–H and O–H groups in total. The lowest BCUT2D eigenvalue weighted by Crippen LogP contribution is -2.86. The highest BCUT2D eigenvalue weighted by Gasteiger charge is 2.66. The van der Waals surface area contributed by atoms with Crippen molar-refractivity contribution in [2.45, 2.75) is 31.3 Å². The average Bonchev–Trinajstić information content (AvgIpc) is 2.66. The Labute approximate surface area is 109 Å². The third kappa shape index (κ3) is 1.11. The number of nitrogens with zero attached hydrogens (tertiary/aromatic N) is 4. The van der Waals surface area contributed by atoms with Crippen LogP contribution in [0.2, 0.25) is 0 Å². The summed E-state index contributed by atoms with van der Waals surface area (Å²) in [5.74, 6) is 0. The summed E-state index contributed by atoms with van der Waals surface area (Å²) in [4.78, 5) is 10.4. The van der Waals surface area contributed by atoms with Crippen molar-refractivity contribution in [1.29, 1.82) is 0 Å². The summed E-state index contributed by atoms with van der Waals surface area (Å²) in [6.45, 7) is 13.4. The number of rotatable bonds is 0. The number of piperazine rings is 2. The number of hydrogen-bond acceptors (Lipinski definition) is 5. The van der Waals surface area contributed by atoms with Crippen molar-refractivity contribution in [3.05, 3.63) is 0 Å². The third-order valence-corrected chi connectivity index (χ3v) is 6.14. The van der Waals surface area contributed by atoms with E-state index in [0.29, 0.717) is 0 Å². The van der Waals surface area contributed by atoms with Gasteiger partial charge >= 0.3 is 0 Å². The van der Waals surface area contributed by atoms with Crippen molar-refractivity contribution < 1.29 is 5.11 Å². The highest BCUT2D eigenvalue weighted by Crippen LogP contribution is 2.48. The van der Waals surface area contributed by atoms with E-state index in [2.05, 4.69) is 33.4 Å². The minimum Gasteiger partial charge on any atom is -0.390 e. The van der Waals surface area contributed by atoms with Gasteiger partial charge in [-0.2, -0.15) is 0 Å². The minimum atomic E-state index is -0.179. The van der Waals surface area contributed by atoms with Crippen LogP contribution < -0.4 is 0 Å². The molecule has 0 radical (unpaired) electrons. The highest BCUT2D eigenvalue weighted by molar-refractivity contribution is 5.17. The van der Waals surface area contributed by atoms with Crippen LogP contribution in [-0.4, -0.2) is 94.5 Å². The summed E-state index contributed by atoms with van der Waals surface area (Å²) in [7, 11) is 0. The zero-order valence-corrected chi connectivity index (χ0v) is 11.5. The highest BCUT2D eigenvalue weighted by atomic mass is 16.3. The van der Waals surface area contributed by atoms with Crippen LogP contribution in [-0.2, 0) is 0 Å². The normalized spacial score (nSPS) is 50.5. The van der Waals surface area contributed by atoms with E-state index in [1.165, 1.54) is 13.1 Å². The van der Waals surface area contributed by atoms with Crippen LogP contribution in [0, 0.1) is 0 Å². The van der Waals surface area contributed by atoms with E-state index in [-0.39, 0.29) is 17.4 Å². The molecule has 0 bridgehead atoms. The summed E-state index contributed by atoms with van der Waals surface area (Å²) >= 11 is 0. The van der Waals surface area contributed by atoms with Crippen LogP contribution in [0.1, 0.15) is 13.8 Å². The molecule has 0 aromatic rings. The van der Waals surface area contributed by atoms with Gasteiger partial charge in [-0.3, -0.25) is 19.6 Å². The lowest BCUT2D eigenvalue weighted by molar-refractivity contribution is -0.262. The predicted octanol–water partition coefficient (Wildman–Crippen LogP) is -0.958. The van der Waals surface area contributed by atoms with Gasteiger partial charge in [-0.25, -0.2) is 0 Å². The zero-order valence-electron chi connectivity index (χ0n) is 11.5. The maximum absolute atomic E-state index is 10.1. The molecule has 4 heterocycles. The molecule has 18 heavy (non-hydrogen) atoms. The lowest BCUT2D eigenvalue weighted by Gasteiger charge is -2.69. The molecular weight excluding hydrogens is 228 g/mol. The van der Waals surface area contributed by atoms with E-state index in [1.807, 2.05) is 0 Å². The second-order valence-electron chi connectivity index (χ2n) is 6.56. The molecule has 4 fully saturated rings. The molecule has 5 nitrogen and oxygen atoms in total. The molecule has 4 aliphatic rings. The van der Waals surface area contributed by atoms with Crippen molar-refractivity contribution in [1.82, 2.24) is 19.6 Å². The van der Waals surface area contributed by atoms with Gasteiger partial charge in [-0.05, 0) is 13.8 Å². The molecule has 0 saturated carbocycles. The van der Waals surface area contributed by atoms with Crippen LogP contribution >= 0.6 is 0 Å². The molecule has 0 aliphatic carbocycles. The standard InChI is InChI=1S/C13H24N4O/c1-12-13(2)16-7-5-14(12)3-4-15(12)6-8-17(13)10-11(18)9-16/h11,18H,3-10H2,1-2H3. The molecule has 0 atom stereocenters. The van der Waals surface area contributed by atoms with Gasteiger partial charge in [-0.15, -0.1) is 0 Å². The first-order valence-corrected chi connectivity index (χ1v) is 7.25. The molecule has 0 aromatic carbocycles. The van der Waals surface area contributed by atoms with E-state index in [0.717, 1.165) is 39.3 Å². The molecule has 102 valence electrons. The third-order valence-electron chi connectivity index (χ3n) is 6.14. The van der Waals surface area contributed by atoms with E-state index in [1.54, 1.807) is 0 Å². The Hall–Kier alpha value is -0.200. The second-order valence-corrected chi connectivity index (χ2v) is 6.56. The fourth-order valence-electron chi connectivity index (χ4n) is 4.96. The Bertz CT molecular complexity index is 348. The molecule has 4 saturated heterocycles. The van der Waals surface area contributed by atoms with Crippen molar-refractivity contribution in [2.75, 3.05) is 52.4 Å². The van der Waals surface area contributed by atoms with Crippen molar-refractivity contribution in [3.63, 3.8) is 0 Å². The van der Waals surface area contributed by atoms with Crippen LogP contribution in [0.5, 0.6) is 0 Å². The Morgan fingerprint density at radius 2 is 1.06 bits per heavy atom. The number of aliphatic hydroxyl groups is 1. The number of hydrogen-bond donors (Lipinski definition) is 1. The van der Waals surface area contributed by atoms with Crippen LogP contribution in [0.4, 0.5) is 0 Å². The Morgan fingerprint density at radius 3 is 1.50 bits per heavy atom. The Kier molecular flexibility index (Phi) is 2.23. The number of aliphatic hydroxyl groups excluding tert-OH is 1. The zero-order chi connectivity index (χ0) is 12.5. The Morgan fingerprint density at radius 1 is 0.722 bits per heavy atom. The average molecular weight is 252 g/mol. The molecule has 0 aromatic heterocycles. The summed E-state index contributed by atoms with van der Waals surface area (Å²) in [6, 6.07) is 0. The van der Waals surface area contributed by atoms with Gasteiger partial charge in [0.2, 0.25) is 0 Å². The van der Waals surface area contributed by atoms with E-state index < -0.39 is 0 Å². The van der Waals surface area contributed by atoms with Crippen molar-refractivity contribution in [2.24, 2.45) is 0 Å². The molecule has 0 unspecified atom stereocenters. The van der Waals surface area contributed by atoms with Crippen molar-refractivity contribution in [3.8, 4) is 0 Å². The van der Waals surface area contributed by atoms with Gasteiger partial charge in [0.15, 0.2) is 0 Å². The van der Waals surface area contributed by atoms with Crippen molar-refractivity contribution >= 4 is 0 Å². The quantitative estimate of drug-likeness (QED) is 0.601. The lowest BCUT2D eigenvalue weighted by atomic mass is 9.83. The largest absolute Gasteiger partial charge is 0.390 e. The molecule has 4 aliphatic heterocycles. The van der Waals surface area contributed by atoms with Gasteiger partial charge < -0.3 is 5.11 Å². The van der Waals surface area contributed by atoms with E-state index in [4.69, 9.17) is 0 Å². The predicted molar refractivity (Wildman–Crippen MR) is 69.1 cm³/mol. The summed E-state index contributed by atoms with van der Waals surface area (Å²) in [5, 5.41) is 10.1. The fourth-order valence-corrected chi connectivity index (χ4v) is 4.96. The van der Waals surface area contributed by atoms with E-state index in [9.17, 15) is 5.11 Å². The SMILES string of the molecule is CC12N3CCN1CCN1CC(O)CN(CC3)C12C. The molecule has 0 spiro atoms. The summed E-state index contributed by atoms with van der Waals surface area (Å²) in [5.41, 5.74) is 0.197. The monoisotopic (exact) mass is 252 g/mol. The summed E-state index contributed by atoms with van der Waals surface area (Å²) < 4.78 is 0. The fraction of sp³-hybridized carbons (Fsp3) is 1.00. The first kappa shape index (κ1) is 11.6. The molecule has 5 heteroatoms. The maximum atomic E-state index is 10.1. The van der Waals surface area contributed by atoms with Crippen LogP contribution in [0.25, 0.3) is 0 Å². The van der Waals surface area contributed by atoms with Gasteiger partial charge in [0, 0.05) is 52.4 Å². The smallest absolute Gasteiger partial charge is 0.104 e. The first-order chi connectivity index (χ1) is 8.56. The maximum Gasteiger partial charge on any atom is 0.104 e. The second kappa shape index (κ2) is 3.46. The van der Waals surface area contributed by atoms with Gasteiger partial charge in [0.05, 0.1) is 6.10 Å².